The molecule has 0 atom stereocenters. The quantitative estimate of drug-likeness (QED) is 0.862. The smallest absolute Gasteiger partial charge is 0.275 e. The highest BCUT2D eigenvalue weighted by molar-refractivity contribution is 9.10. The lowest BCUT2D eigenvalue weighted by Crippen LogP contribution is -2.20. The molecule has 1 heterocycles. The van der Waals surface area contributed by atoms with Crippen molar-refractivity contribution >= 4 is 33.4 Å². The predicted molar refractivity (Wildman–Crippen MR) is 81.0 cm³/mol. The summed E-state index contributed by atoms with van der Waals surface area (Å²) in [6, 6.07) is 10.1. The SMILES string of the molecule is NC(=O)COc1cccc(NC(=O)c2ncccc2Br)c1. The number of primary amides is 1. The van der Waals surface area contributed by atoms with Crippen LogP contribution in [0.4, 0.5) is 5.69 Å². The second kappa shape index (κ2) is 6.85. The minimum absolute atomic E-state index is 0.219. The number of hydrogen-bond acceptors (Lipinski definition) is 4. The lowest BCUT2D eigenvalue weighted by Gasteiger charge is -2.08. The number of nitrogens with zero attached hydrogens (tertiary/aromatic N) is 1. The van der Waals surface area contributed by atoms with E-state index in [-0.39, 0.29) is 18.2 Å². The average Bonchev–Trinajstić information content (AvgIpc) is 2.46. The van der Waals surface area contributed by atoms with Crippen molar-refractivity contribution < 1.29 is 14.3 Å². The van der Waals surface area contributed by atoms with Crippen LogP contribution in [0.15, 0.2) is 47.1 Å². The Hall–Kier alpha value is -2.41. The van der Waals surface area contributed by atoms with Gasteiger partial charge in [0.2, 0.25) is 0 Å². The molecule has 0 unspecified atom stereocenters. The Morgan fingerprint density at radius 1 is 1.29 bits per heavy atom. The van der Waals surface area contributed by atoms with E-state index < -0.39 is 5.91 Å². The molecule has 0 saturated heterocycles. The lowest BCUT2D eigenvalue weighted by atomic mass is 10.2. The van der Waals surface area contributed by atoms with E-state index in [1.54, 1.807) is 36.4 Å². The van der Waals surface area contributed by atoms with E-state index in [0.29, 0.717) is 15.9 Å². The molecule has 3 N–H and O–H groups in total. The third kappa shape index (κ3) is 4.28. The number of aromatic nitrogens is 1. The fourth-order valence-corrected chi connectivity index (χ4v) is 2.00. The summed E-state index contributed by atoms with van der Waals surface area (Å²) < 4.78 is 5.77. The maximum atomic E-state index is 12.1. The number of nitrogens with two attached hydrogens (primary N) is 1. The van der Waals surface area contributed by atoms with Gasteiger partial charge in [0.25, 0.3) is 11.8 Å². The number of anilines is 1. The maximum absolute atomic E-state index is 12.1. The van der Waals surface area contributed by atoms with Gasteiger partial charge in [0.05, 0.1) is 0 Å². The van der Waals surface area contributed by atoms with Gasteiger partial charge in [0, 0.05) is 22.4 Å². The van der Waals surface area contributed by atoms with E-state index >= 15 is 0 Å². The minimum atomic E-state index is -0.568. The molecule has 0 spiro atoms. The number of carbonyl (C=O) groups is 2. The number of nitrogens with one attached hydrogen (secondary N) is 1. The minimum Gasteiger partial charge on any atom is -0.484 e. The first-order chi connectivity index (χ1) is 10.1. The molecule has 1 aromatic heterocycles. The Kier molecular flexibility index (Phi) is 4.89. The van der Waals surface area contributed by atoms with E-state index in [1.807, 2.05) is 0 Å². The number of ether oxygens (including phenoxy) is 1. The van der Waals surface area contributed by atoms with Gasteiger partial charge in [-0.15, -0.1) is 0 Å². The van der Waals surface area contributed by atoms with Crippen LogP contribution in [0.25, 0.3) is 0 Å². The van der Waals surface area contributed by atoms with Gasteiger partial charge in [-0.05, 0) is 40.2 Å². The summed E-state index contributed by atoms with van der Waals surface area (Å²) in [6.07, 6.45) is 1.53. The Labute approximate surface area is 129 Å². The number of hydrogen-bond donors (Lipinski definition) is 2. The largest absolute Gasteiger partial charge is 0.484 e. The molecule has 7 heteroatoms. The summed E-state index contributed by atoms with van der Waals surface area (Å²) in [5.74, 6) is -0.483. The van der Waals surface area contributed by atoms with Gasteiger partial charge >= 0.3 is 0 Å². The summed E-state index contributed by atoms with van der Waals surface area (Å²) in [5, 5.41) is 2.70. The molecule has 0 fully saturated rings. The van der Waals surface area contributed by atoms with Gasteiger partial charge in [-0.2, -0.15) is 0 Å². The third-order valence-electron chi connectivity index (χ3n) is 2.45. The third-order valence-corrected chi connectivity index (χ3v) is 3.09. The summed E-state index contributed by atoms with van der Waals surface area (Å²) >= 11 is 3.27. The van der Waals surface area contributed by atoms with Gasteiger partial charge in [0.1, 0.15) is 11.4 Å². The Bertz CT molecular complexity index is 676. The number of halogens is 1. The van der Waals surface area contributed by atoms with Crippen LogP contribution in [0.3, 0.4) is 0 Å². The normalized spacial score (nSPS) is 9.95. The van der Waals surface area contributed by atoms with Crippen LogP contribution in [0.1, 0.15) is 10.5 Å². The molecule has 0 radical (unpaired) electrons. The van der Waals surface area contributed by atoms with Crippen LogP contribution in [0, 0.1) is 0 Å². The number of pyridine rings is 1. The molecular weight excluding hydrogens is 338 g/mol. The fourth-order valence-electron chi connectivity index (χ4n) is 1.56. The topological polar surface area (TPSA) is 94.3 Å². The van der Waals surface area contributed by atoms with Gasteiger partial charge < -0.3 is 15.8 Å². The van der Waals surface area contributed by atoms with Crippen LogP contribution in [0.5, 0.6) is 5.75 Å². The summed E-state index contributed by atoms with van der Waals surface area (Å²) in [5.41, 5.74) is 5.81. The molecule has 0 saturated carbocycles. The summed E-state index contributed by atoms with van der Waals surface area (Å²) in [6.45, 7) is -0.219. The second-order valence-electron chi connectivity index (χ2n) is 4.07. The molecule has 2 rings (SSSR count). The van der Waals surface area contributed by atoms with Crippen molar-refractivity contribution in [2.45, 2.75) is 0 Å². The van der Waals surface area contributed by atoms with Crippen LogP contribution >= 0.6 is 15.9 Å². The van der Waals surface area contributed by atoms with Crippen molar-refractivity contribution in [3.8, 4) is 5.75 Å². The molecule has 6 nitrogen and oxygen atoms in total. The highest BCUT2D eigenvalue weighted by Crippen LogP contribution is 2.19. The second-order valence-corrected chi connectivity index (χ2v) is 4.93. The monoisotopic (exact) mass is 349 g/mol. The Morgan fingerprint density at radius 2 is 2.10 bits per heavy atom. The summed E-state index contributed by atoms with van der Waals surface area (Å²) in [4.78, 5) is 26.8. The average molecular weight is 350 g/mol. The van der Waals surface area contributed by atoms with E-state index in [2.05, 4.69) is 26.2 Å². The number of carbonyl (C=O) groups excluding carboxylic acids is 2. The molecular formula is C14H12BrN3O3. The van der Waals surface area contributed by atoms with Crippen LogP contribution < -0.4 is 15.8 Å². The predicted octanol–water partition coefficient (Wildman–Crippen LogP) is 1.96. The molecule has 1 aromatic carbocycles. The van der Waals surface area contributed by atoms with Crippen LogP contribution in [-0.4, -0.2) is 23.4 Å². The fraction of sp³-hybridized carbons (Fsp3) is 0.0714. The maximum Gasteiger partial charge on any atom is 0.275 e. The Morgan fingerprint density at radius 3 is 2.81 bits per heavy atom. The number of amides is 2. The standard InChI is InChI=1S/C14H12BrN3O3/c15-11-5-2-6-17-13(11)14(20)18-9-3-1-4-10(7-9)21-8-12(16)19/h1-7H,8H2,(H2,16,19)(H,18,20). The number of benzene rings is 1. The Balaban J connectivity index is 2.09. The molecule has 0 aliphatic carbocycles. The van der Waals surface area contributed by atoms with Crippen LogP contribution in [0.2, 0.25) is 0 Å². The van der Waals surface area contributed by atoms with Crippen molar-refractivity contribution in [3.05, 3.63) is 52.8 Å². The molecule has 108 valence electrons. The van der Waals surface area contributed by atoms with E-state index in [0.717, 1.165) is 0 Å². The highest BCUT2D eigenvalue weighted by atomic mass is 79.9. The zero-order valence-corrected chi connectivity index (χ0v) is 12.5. The van der Waals surface area contributed by atoms with Crippen molar-refractivity contribution in [1.29, 1.82) is 0 Å². The van der Waals surface area contributed by atoms with Crippen LogP contribution in [-0.2, 0) is 4.79 Å². The zero-order chi connectivity index (χ0) is 15.2. The van der Waals surface area contributed by atoms with E-state index in [1.165, 1.54) is 6.20 Å². The first kappa shape index (κ1) is 15.0. The first-order valence-electron chi connectivity index (χ1n) is 5.99. The van der Waals surface area contributed by atoms with Crippen molar-refractivity contribution in [3.63, 3.8) is 0 Å². The lowest BCUT2D eigenvalue weighted by molar-refractivity contribution is -0.119. The zero-order valence-electron chi connectivity index (χ0n) is 10.9. The van der Waals surface area contributed by atoms with Crippen molar-refractivity contribution in [2.75, 3.05) is 11.9 Å². The summed E-state index contributed by atoms with van der Waals surface area (Å²) in [7, 11) is 0. The molecule has 2 amide bonds. The van der Waals surface area contributed by atoms with Gasteiger partial charge in [0.15, 0.2) is 6.61 Å². The van der Waals surface area contributed by atoms with E-state index in [4.69, 9.17) is 10.5 Å². The highest BCUT2D eigenvalue weighted by Gasteiger charge is 2.11. The first-order valence-corrected chi connectivity index (χ1v) is 6.78. The van der Waals surface area contributed by atoms with Crippen molar-refractivity contribution in [2.24, 2.45) is 5.73 Å². The van der Waals surface area contributed by atoms with Crippen molar-refractivity contribution in [1.82, 2.24) is 4.98 Å². The molecule has 2 aromatic rings. The molecule has 21 heavy (non-hydrogen) atoms. The molecule has 0 bridgehead atoms. The van der Waals surface area contributed by atoms with E-state index in [9.17, 15) is 9.59 Å². The van der Waals surface area contributed by atoms with Gasteiger partial charge in [-0.25, -0.2) is 4.98 Å². The van der Waals surface area contributed by atoms with Gasteiger partial charge in [-0.3, -0.25) is 9.59 Å². The number of rotatable bonds is 5. The van der Waals surface area contributed by atoms with Gasteiger partial charge in [-0.1, -0.05) is 6.07 Å². The molecule has 0 aliphatic heterocycles. The molecule has 0 aliphatic rings.